The third kappa shape index (κ3) is 3.29. The summed E-state index contributed by atoms with van der Waals surface area (Å²) in [6, 6.07) is 14.1. The minimum Gasteiger partial charge on any atom is -0.273 e. The van der Waals surface area contributed by atoms with Crippen LogP contribution in [0.1, 0.15) is 6.42 Å². The number of para-hydroxylation sites is 1. The number of nitrogens with zero attached hydrogens (tertiary/aromatic N) is 2. The van der Waals surface area contributed by atoms with Gasteiger partial charge in [0.25, 0.3) is 0 Å². The number of amides is 2. The largest absolute Gasteiger partial charge is 0.273 e. The van der Waals surface area contributed by atoms with Crippen LogP contribution in [0.3, 0.4) is 0 Å². The average Bonchev–Trinajstić information content (AvgIpc) is 2.55. The predicted octanol–water partition coefficient (Wildman–Crippen LogP) is 1.39. The Morgan fingerprint density at radius 2 is 1.32 bits per heavy atom. The Hall–Kier alpha value is -2.62. The molecule has 0 saturated carbocycles. The molecule has 0 aromatic heterocycles. The maximum absolute atomic E-state index is 12.3. The second kappa shape index (κ2) is 6.36. The fourth-order valence-electron chi connectivity index (χ4n) is 2.47. The lowest BCUT2D eigenvalue weighted by Gasteiger charge is -2.35. The zero-order valence-corrected chi connectivity index (χ0v) is 14.5. The van der Waals surface area contributed by atoms with Gasteiger partial charge in [-0.3, -0.25) is 19.4 Å². The number of thiocarbonyl (C=S) groups is 1. The second-order valence-electron chi connectivity index (χ2n) is 5.29. The molecule has 0 aliphatic carbocycles. The van der Waals surface area contributed by atoms with E-state index in [9.17, 15) is 18.0 Å². The zero-order chi connectivity index (χ0) is 18.2. The van der Waals surface area contributed by atoms with Gasteiger partial charge in [-0.05, 0) is 48.6 Å². The Bertz CT molecular complexity index is 957. The molecule has 2 N–H and O–H groups in total. The van der Waals surface area contributed by atoms with Crippen molar-refractivity contribution < 1.29 is 18.0 Å². The van der Waals surface area contributed by atoms with Crippen molar-refractivity contribution in [2.45, 2.75) is 11.3 Å². The Kier molecular flexibility index (Phi) is 4.38. The van der Waals surface area contributed by atoms with Crippen molar-refractivity contribution in [3.63, 3.8) is 0 Å². The molecule has 0 unspecified atom stereocenters. The summed E-state index contributed by atoms with van der Waals surface area (Å²) in [5.74, 6) is -0.899. The highest BCUT2D eigenvalue weighted by Crippen LogP contribution is 2.27. The van der Waals surface area contributed by atoms with Gasteiger partial charge in [-0.1, -0.05) is 18.2 Å². The van der Waals surface area contributed by atoms with Gasteiger partial charge in [0.2, 0.25) is 21.8 Å². The van der Waals surface area contributed by atoms with Crippen molar-refractivity contribution in [2.75, 3.05) is 9.80 Å². The summed E-state index contributed by atoms with van der Waals surface area (Å²) < 4.78 is 22.7. The first kappa shape index (κ1) is 17.2. The summed E-state index contributed by atoms with van der Waals surface area (Å²) in [6.45, 7) is 0. The highest BCUT2D eigenvalue weighted by atomic mass is 32.2. The van der Waals surface area contributed by atoms with E-state index in [-0.39, 0.29) is 16.4 Å². The summed E-state index contributed by atoms with van der Waals surface area (Å²) in [7, 11) is -3.84. The molecule has 1 fully saturated rings. The van der Waals surface area contributed by atoms with E-state index in [2.05, 4.69) is 0 Å². The van der Waals surface area contributed by atoms with E-state index in [1.54, 1.807) is 30.3 Å². The molecule has 7 nitrogen and oxygen atoms in total. The van der Waals surface area contributed by atoms with Crippen LogP contribution in [0.15, 0.2) is 59.5 Å². The number of sulfonamides is 1. The van der Waals surface area contributed by atoms with Crippen LogP contribution in [0.2, 0.25) is 0 Å². The van der Waals surface area contributed by atoms with Gasteiger partial charge in [-0.25, -0.2) is 13.6 Å². The van der Waals surface area contributed by atoms with Gasteiger partial charge >= 0.3 is 0 Å². The molecule has 3 rings (SSSR count). The Morgan fingerprint density at radius 3 is 1.80 bits per heavy atom. The Morgan fingerprint density at radius 1 is 0.840 bits per heavy atom. The summed E-state index contributed by atoms with van der Waals surface area (Å²) in [5.41, 5.74) is 0.909. The highest BCUT2D eigenvalue weighted by molar-refractivity contribution is 7.89. The molecule has 0 atom stereocenters. The van der Waals surface area contributed by atoms with Crippen LogP contribution in [0, 0.1) is 0 Å². The topological polar surface area (TPSA) is 101 Å². The van der Waals surface area contributed by atoms with Crippen molar-refractivity contribution in [1.29, 1.82) is 0 Å². The molecule has 25 heavy (non-hydrogen) atoms. The van der Waals surface area contributed by atoms with Crippen molar-refractivity contribution in [1.82, 2.24) is 0 Å². The van der Waals surface area contributed by atoms with Crippen LogP contribution in [0.5, 0.6) is 0 Å². The summed E-state index contributed by atoms with van der Waals surface area (Å²) in [5, 5.41) is 5.08. The lowest BCUT2D eigenvalue weighted by atomic mass is 10.2. The summed E-state index contributed by atoms with van der Waals surface area (Å²) in [4.78, 5) is 27.0. The molecule has 0 spiro atoms. The predicted molar refractivity (Wildman–Crippen MR) is 96.4 cm³/mol. The number of primary sulfonamides is 1. The van der Waals surface area contributed by atoms with Crippen LogP contribution < -0.4 is 14.9 Å². The molecule has 1 aliphatic heterocycles. The van der Waals surface area contributed by atoms with E-state index in [0.29, 0.717) is 11.4 Å². The third-order valence-corrected chi connectivity index (χ3v) is 4.92. The third-order valence-electron chi connectivity index (χ3n) is 3.62. The number of benzene rings is 2. The molecule has 1 aliphatic rings. The molecule has 9 heteroatoms. The number of nitrogens with two attached hydrogens (primary N) is 1. The first-order chi connectivity index (χ1) is 11.8. The molecule has 0 bridgehead atoms. The van der Waals surface area contributed by atoms with Gasteiger partial charge in [-0.15, -0.1) is 0 Å². The average molecular weight is 375 g/mol. The van der Waals surface area contributed by atoms with E-state index in [4.69, 9.17) is 17.4 Å². The van der Waals surface area contributed by atoms with Crippen LogP contribution in [0.25, 0.3) is 0 Å². The number of rotatable bonds is 3. The molecule has 128 valence electrons. The molecule has 2 aromatic rings. The van der Waals surface area contributed by atoms with Gasteiger partial charge in [0.15, 0.2) is 5.11 Å². The van der Waals surface area contributed by atoms with Crippen LogP contribution in [0.4, 0.5) is 11.4 Å². The van der Waals surface area contributed by atoms with E-state index in [1.165, 1.54) is 34.1 Å². The van der Waals surface area contributed by atoms with E-state index >= 15 is 0 Å². The lowest BCUT2D eigenvalue weighted by Crippen LogP contribution is -2.55. The SMILES string of the molecule is NS(=O)(=O)c1ccc(N2C(=O)CC(=O)N(c3ccccc3)C2=S)cc1. The van der Waals surface area contributed by atoms with Gasteiger partial charge in [0.05, 0.1) is 16.3 Å². The first-order valence-electron chi connectivity index (χ1n) is 7.17. The first-order valence-corrected chi connectivity index (χ1v) is 9.12. The standard InChI is InChI=1S/C16H13N3O4S2/c17-25(22,23)13-8-6-12(7-9-13)19-15(21)10-14(20)18(16(19)24)11-4-2-1-3-5-11/h1-9H,10H2,(H2,17,22,23). The fraction of sp³-hybridized carbons (Fsp3) is 0.0625. The minimum absolute atomic E-state index is 0.0100. The molecule has 2 aromatic carbocycles. The number of hydrogen-bond acceptors (Lipinski definition) is 5. The molecule has 2 amide bonds. The Labute approximate surface area is 149 Å². The van der Waals surface area contributed by atoms with Gasteiger partial charge in [-0.2, -0.15) is 0 Å². The van der Waals surface area contributed by atoms with E-state index in [0.717, 1.165) is 0 Å². The smallest absolute Gasteiger partial charge is 0.242 e. The zero-order valence-electron chi connectivity index (χ0n) is 12.8. The number of carbonyl (C=O) groups is 2. The minimum atomic E-state index is -3.84. The van der Waals surface area contributed by atoms with Gasteiger partial charge < -0.3 is 0 Å². The Balaban J connectivity index is 1.99. The number of hydrogen-bond donors (Lipinski definition) is 1. The molecule has 1 heterocycles. The highest BCUT2D eigenvalue weighted by Gasteiger charge is 2.36. The van der Waals surface area contributed by atoms with Gasteiger partial charge in [0, 0.05) is 0 Å². The quantitative estimate of drug-likeness (QED) is 0.645. The van der Waals surface area contributed by atoms with Crippen molar-refractivity contribution >= 4 is 50.5 Å². The number of carbonyl (C=O) groups excluding carboxylic acids is 2. The maximum atomic E-state index is 12.3. The molecular weight excluding hydrogens is 362 g/mol. The fourth-order valence-corrected chi connectivity index (χ4v) is 3.40. The maximum Gasteiger partial charge on any atom is 0.242 e. The summed E-state index contributed by atoms with van der Waals surface area (Å²) >= 11 is 5.34. The number of anilines is 2. The molecule has 1 saturated heterocycles. The van der Waals surface area contributed by atoms with Crippen LogP contribution in [-0.4, -0.2) is 25.3 Å². The summed E-state index contributed by atoms with van der Waals surface area (Å²) in [6.07, 6.45) is -0.341. The molecular formula is C16H13N3O4S2. The lowest BCUT2D eigenvalue weighted by molar-refractivity contribution is -0.126. The normalized spacial score (nSPS) is 15.6. The van der Waals surface area contributed by atoms with Crippen molar-refractivity contribution in [2.24, 2.45) is 5.14 Å². The van der Waals surface area contributed by atoms with E-state index < -0.39 is 21.8 Å². The van der Waals surface area contributed by atoms with Crippen molar-refractivity contribution in [3.05, 3.63) is 54.6 Å². The monoisotopic (exact) mass is 375 g/mol. The second-order valence-corrected chi connectivity index (χ2v) is 7.22. The van der Waals surface area contributed by atoms with Gasteiger partial charge in [0.1, 0.15) is 6.42 Å². The van der Waals surface area contributed by atoms with Crippen LogP contribution >= 0.6 is 12.2 Å². The van der Waals surface area contributed by atoms with Crippen LogP contribution in [-0.2, 0) is 19.6 Å². The molecule has 0 radical (unpaired) electrons. The van der Waals surface area contributed by atoms with E-state index in [1.807, 2.05) is 0 Å². The van der Waals surface area contributed by atoms with Crippen molar-refractivity contribution in [3.8, 4) is 0 Å².